The number of rotatable bonds is 5. The van der Waals surface area contributed by atoms with Crippen molar-refractivity contribution in [2.75, 3.05) is 5.32 Å². The zero-order valence-electron chi connectivity index (χ0n) is 15.7. The van der Waals surface area contributed by atoms with Gasteiger partial charge in [0.25, 0.3) is 5.91 Å². The van der Waals surface area contributed by atoms with Gasteiger partial charge in [0.15, 0.2) is 6.10 Å². The van der Waals surface area contributed by atoms with E-state index in [2.05, 4.69) is 5.32 Å². The lowest BCUT2D eigenvalue weighted by Gasteiger charge is -2.13. The van der Waals surface area contributed by atoms with Crippen LogP contribution in [0.3, 0.4) is 0 Å². The van der Waals surface area contributed by atoms with Crippen LogP contribution in [-0.2, 0) is 9.53 Å². The SMILES string of the molecule is Cc1oc(-n2cccc2)c(C#N)c1C(=O)O[C@H](C)C(=O)Nc1cccc(C#N)c1. The minimum absolute atomic E-state index is 0.0256. The molecule has 8 heteroatoms. The van der Waals surface area contributed by atoms with Crippen LogP contribution >= 0.6 is 0 Å². The normalized spacial score (nSPS) is 11.2. The maximum atomic E-state index is 12.6. The fraction of sp³-hybridized carbons (Fsp3) is 0.143. The summed E-state index contributed by atoms with van der Waals surface area (Å²) in [5.74, 6) is -0.995. The lowest BCUT2D eigenvalue weighted by molar-refractivity contribution is -0.123. The summed E-state index contributed by atoms with van der Waals surface area (Å²) in [6, 6.07) is 13.8. The molecule has 3 aromatic rings. The van der Waals surface area contributed by atoms with Crippen LogP contribution in [0.15, 0.2) is 53.2 Å². The smallest absolute Gasteiger partial charge is 0.343 e. The Kier molecular flexibility index (Phi) is 5.47. The Morgan fingerprint density at radius 3 is 2.55 bits per heavy atom. The number of nitrogens with zero attached hydrogens (tertiary/aromatic N) is 3. The third-order valence-electron chi connectivity index (χ3n) is 4.13. The minimum atomic E-state index is -1.14. The number of aromatic nitrogens is 1. The van der Waals surface area contributed by atoms with Crippen molar-refractivity contribution in [3.05, 3.63) is 71.2 Å². The van der Waals surface area contributed by atoms with Gasteiger partial charge in [-0.15, -0.1) is 0 Å². The highest BCUT2D eigenvalue weighted by Crippen LogP contribution is 2.26. The Balaban J connectivity index is 1.77. The van der Waals surface area contributed by atoms with Gasteiger partial charge in [-0.25, -0.2) is 4.79 Å². The number of carbonyl (C=O) groups is 2. The van der Waals surface area contributed by atoms with E-state index in [-0.39, 0.29) is 22.8 Å². The number of furan rings is 1. The van der Waals surface area contributed by atoms with Crippen molar-refractivity contribution in [3.8, 4) is 18.0 Å². The van der Waals surface area contributed by atoms with Crippen molar-refractivity contribution in [3.63, 3.8) is 0 Å². The molecule has 2 heterocycles. The highest BCUT2D eigenvalue weighted by molar-refractivity contribution is 5.99. The van der Waals surface area contributed by atoms with E-state index >= 15 is 0 Å². The number of carbonyl (C=O) groups excluding carboxylic acids is 2. The van der Waals surface area contributed by atoms with E-state index in [1.54, 1.807) is 54.2 Å². The Bertz CT molecular complexity index is 1150. The minimum Gasteiger partial charge on any atom is -0.449 e. The fourth-order valence-corrected chi connectivity index (χ4v) is 2.71. The summed E-state index contributed by atoms with van der Waals surface area (Å²) in [6.45, 7) is 2.96. The first-order chi connectivity index (χ1) is 13.9. The van der Waals surface area contributed by atoms with Crippen LogP contribution in [-0.4, -0.2) is 22.5 Å². The monoisotopic (exact) mass is 388 g/mol. The third kappa shape index (κ3) is 4.02. The van der Waals surface area contributed by atoms with Crippen molar-refractivity contribution < 1.29 is 18.7 Å². The predicted molar refractivity (Wildman–Crippen MR) is 102 cm³/mol. The molecular formula is C21H16N4O4. The highest BCUT2D eigenvalue weighted by Gasteiger charge is 2.28. The Morgan fingerprint density at radius 2 is 1.90 bits per heavy atom. The topological polar surface area (TPSA) is 121 Å². The largest absolute Gasteiger partial charge is 0.449 e. The molecule has 0 spiro atoms. The van der Waals surface area contributed by atoms with Crippen LogP contribution < -0.4 is 5.32 Å². The lowest BCUT2D eigenvalue weighted by atomic mass is 10.1. The van der Waals surface area contributed by atoms with Gasteiger partial charge in [-0.1, -0.05) is 6.07 Å². The molecule has 1 N–H and O–H groups in total. The number of nitriles is 2. The molecule has 0 fully saturated rings. The van der Waals surface area contributed by atoms with Gasteiger partial charge in [0.2, 0.25) is 5.88 Å². The summed E-state index contributed by atoms with van der Waals surface area (Å²) < 4.78 is 12.4. The molecule has 8 nitrogen and oxygen atoms in total. The summed E-state index contributed by atoms with van der Waals surface area (Å²) in [4.78, 5) is 25.0. The van der Waals surface area contributed by atoms with E-state index in [1.807, 2.05) is 12.1 Å². The molecule has 0 bridgehead atoms. The molecule has 2 aromatic heterocycles. The van der Waals surface area contributed by atoms with Gasteiger partial charge < -0.3 is 14.5 Å². The van der Waals surface area contributed by atoms with Gasteiger partial charge >= 0.3 is 5.97 Å². The molecule has 3 rings (SSSR count). The molecule has 0 aliphatic heterocycles. The summed E-state index contributed by atoms with van der Waals surface area (Å²) in [6.07, 6.45) is 2.23. The fourth-order valence-electron chi connectivity index (χ4n) is 2.71. The van der Waals surface area contributed by atoms with E-state index < -0.39 is 18.0 Å². The quantitative estimate of drug-likeness (QED) is 0.669. The van der Waals surface area contributed by atoms with Crippen LogP contribution in [0.5, 0.6) is 0 Å². The Labute approximate surface area is 166 Å². The van der Waals surface area contributed by atoms with E-state index in [4.69, 9.17) is 14.4 Å². The van der Waals surface area contributed by atoms with Crippen LogP contribution in [0.2, 0.25) is 0 Å². The first-order valence-corrected chi connectivity index (χ1v) is 8.63. The van der Waals surface area contributed by atoms with Crippen LogP contribution in [0.1, 0.15) is 34.2 Å². The number of benzene rings is 1. The van der Waals surface area contributed by atoms with Gasteiger partial charge in [0.05, 0.1) is 11.6 Å². The first-order valence-electron chi connectivity index (χ1n) is 8.63. The summed E-state index contributed by atoms with van der Waals surface area (Å²) in [5.41, 5.74) is 0.794. The van der Waals surface area contributed by atoms with Crippen molar-refractivity contribution >= 4 is 17.6 Å². The molecule has 0 aliphatic rings. The van der Waals surface area contributed by atoms with E-state index in [9.17, 15) is 14.9 Å². The molecule has 144 valence electrons. The predicted octanol–water partition coefficient (Wildman–Crippen LogP) is 3.31. The molecule has 0 radical (unpaired) electrons. The standard InChI is InChI=1S/C21H16N4O4/c1-13-18(17(12-23)20(28-13)25-8-3-4-9-25)21(27)29-14(2)19(26)24-16-7-5-6-15(10-16)11-22/h3-10,14H,1-2H3,(H,24,26)/t14-/m1/s1. The number of anilines is 1. The van der Waals surface area contributed by atoms with E-state index in [1.165, 1.54) is 13.0 Å². The molecule has 0 saturated heterocycles. The number of amides is 1. The van der Waals surface area contributed by atoms with Gasteiger partial charge in [0, 0.05) is 18.1 Å². The molecule has 1 amide bonds. The first kappa shape index (κ1) is 19.5. The second kappa shape index (κ2) is 8.15. The van der Waals surface area contributed by atoms with E-state index in [0.717, 1.165) is 0 Å². The molecule has 0 aliphatic carbocycles. The number of ether oxygens (including phenoxy) is 1. The summed E-state index contributed by atoms with van der Waals surface area (Å²) in [5, 5.41) is 21.0. The van der Waals surface area contributed by atoms with Gasteiger partial charge in [-0.3, -0.25) is 9.36 Å². The number of aryl methyl sites for hydroxylation is 1. The highest BCUT2D eigenvalue weighted by atomic mass is 16.5. The Hall–Kier alpha value is -4.30. The van der Waals surface area contributed by atoms with Crippen molar-refractivity contribution in [2.24, 2.45) is 0 Å². The molecule has 1 atom stereocenters. The number of hydrogen-bond acceptors (Lipinski definition) is 6. The number of esters is 1. The van der Waals surface area contributed by atoms with Crippen molar-refractivity contribution in [1.82, 2.24) is 4.57 Å². The zero-order valence-corrected chi connectivity index (χ0v) is 15.7. The lowest BCUT2D eigenvalue weighted by Crippen LogP contribution is -2.30. The summed E-state index contributed by atoms with van der Waals surface area (Å²) in [7, 11) is 0. The number of hydrogen-bond donors (Lipinski definition) is 1. The number of nitrogens with one attached hydrogen (secondary N) is 1. The molecule has 0 unspecified atom stereocenters. The van der Waals surface area contributed by atoms with Gasteiger partial charge in [-0.2, -0.15) is 10.5 Å². The average Bonchev–Trinajstić information content (AvgIpc) is 3.35. The van der Waals surface area contributed by atoms with Crippen molar-refractivity contribution in [2.45, 2.75) is 20.0 Å². The van der Waals surface area contributed by atoms with Crippen LogP contribution in [0, 0.1) is 29.6 Å². The van der Waals surface area contributed by atoms with Crippen LogP contribution in [0.25, 0.3) is 5.88 Å². The second-order valence-corrected chi connectivity index (χ2v) is 6.14. The van der Waals surface area contributed by atoms with E-state index in [0.29, 0.717) is 11.3 Å². The molecule has 29 heavy (non-hydrogen) atoms. The Morgan fingerprint density at radius 1 is 1.17 bits per heavy atom. The maximum absolute atomic E-state index is 12.6. The zero-order chi connectivity index (χ0) is 21.0. The maximum Gasteiger partial charge on any atom is 0.343 e. The average molecular weight is 388 g/mol. The molecular weight excluding hydrogens is 372 g/mol. The van der Waals surface area contributed by atoms with Gasteiger partial charge in [0.1, 0.15) is 23.0 Å². The van der Waals surface area contributed by atoms with Crippen LogP contribution in [0.4, 0.5) is 5.69 Å². The summed E-state index contributed by atoms with van der Waals surface area (Å²) >= 11 is 0. The van der Waals surface area contributed by atoms with Gasteiger partial charge in [-0.05, 0) is 44.2 Å². The molecule has 1 aromatic carbocycles. The third-order valence-corrected chi connectivity index (χ3v) is 4.13. The molecule has 0 saturated carbocycles. The van der Waals surface area contributed by atoms with Crippen molar-refractivity contribution in [1.29, 1.82) is 10.5 Å². The second-order valence-electron chi connectivity index (χ2n) is 6.14.